The number of nitrogens with two attached hydrogens (primary N) is 1. The second kappa shape index (κ2) is 9.08. The molecule has 1 aliphatic heterocycles. The summed E-state index contributed by atoms with van der Waals surface area (Å²) < 4.78 is 11.9. The minimum atomic E-state index is -0.300. The normalized spacial score (nSPS) is 16.8. The van der Waals surface area contributed by atoms with Gasteiger partial charge in [-0.05, 0) is 69.6 Å². The van der Waals surface area contributed by atoms with Gasteiger partial charge in [0.15, 0.2) is 0 Å². The van der Waals surface area contributed by atoms with E-state index >= 15 is 0 Å². The average Bonchev–Trinajstić information content (AvgIpc) is 2.92. The van der Waals surface area contributed by atoms with Crippen LogP contribution in [-0.2, 0) is 9.31 Å². The van der Waals surface area contributed by atoms with Crippen LogP contribution in [0.3, 0.4) is 0 Å². The Morgan fingerprint density at radius 2 is 1.07 bits per heavy atom. The highest BCUT2D eigenvalue weighted by atomic mass is 32.2. The van der Waals surface area contributed by atoms with Gasteiger partial charge in [0.2, 0.25) is 0 Å². The zero-order valence-corrected chi connectivity index (χ0v) is 18.3. The Morgan fingerprint density at radius 3 is 1.48 bits per heavy atom. The predicted octanol–water partition coefficient (Wildman–Crippen LogP) is 5.41. The number of rotatable bonds is 3. The molecule has 0 atom stereocenters. The van der Waals surface area contributed by atoms with E-state index in [0.29, 0.717) is 0 Å². The van der Waals surface area contributed by atoms with Crippen LogP contribution in [0.15, 0.2) is 94.7 Å². The minimum absolute atomic E-state index is 0.293. The molecule has 1 saturated heterocycles. The lowest BCUT2D eigenvalue weighted by atomic mass is 9.79. The quantitative estimate of drug-likeness (QED) is 0.468. The number of nitrogen functional groups attached to an aromatic ring is 1. The van der Waals surface area contributed by atoms with E-state index in [4.69, 9.17) is 15.0 Å². The Bertz CT molecular complexity index is 846. The van der Waals surface area contributed by atoms with Gasteiger partial charge in [-0.25, -0.2) is 0 Å². The zero-order chi connectivity index (χ0) is 20.9. The van der Waals surface area contributed by atoms with Gasteiger partial charge in [-0.1, -0.05) is 60.3 Å². The van der Waals surface area contributed by atoms with Gasteiger partial charge in [0.1, 0.15) is 0 Å². The number of hydrogen-bond acceptors (Lipinski definition) is 4. The van der Waals surface area contributed by atoms with Crippen molar-refractivity contribution in [3.8, 4) is 0 Å². The maximum absolute atomic E-state index is 5.93. The predicted molar refractivity (Wildman–Crippen MR) is 124 cm³/mol. The summed E-state index contributed by atoms with van der Waals surface area (Å²) in [6, 6.07) is 28.4. The molecule has 0 radical (unpaired) electrons. The van der Waals surface area contributed by atoms with Crippen LogP contribution in [0.1, 0.15) is 27.7 Å². The van der Waals surface area contributed by atoms with E-state index in [-0.39, 0.29) is 18.3 Å². The van der Waals surface area contributed by atoms with Crippen LogP contribution in [-0.4, -0.2) is 18.3 Å². The van der Waals surface area contributed by atoms with E-state index in [1.807, 2.05) is 64.1 Å². The third kappa shape index (κ3) is 5.66. The van der Waals surface area contributed by atoms with Gasteiger partial charge in [0, 0.05) is 15.5 Å². The second-order valence-electron chi connectivity index (χ2n) is 7.98. The molecule has 0 saturated carbocycles. The number of anilines is 1. The van der Waals surface area contributed by atoms with E-state index in [2.05, 4.69) is 48.5 Å². The highest BCUT2D eigenvalue weighted by Gasteiger charge is 2.51. The summed E-state index contributed by atoms with van der Waals surface area (Å²) >= 11 is 1.79. The highest BCUT2D eigenvalue weighted by molar-refractivity contribution is 7.99. The third-order valence-corrected chi connectivity index (χ3v) is 6.20. The van der Waals surface area contributed by atoms with Crippen LogP contribution in [0.5, 0.6) is 0 Å². The van der Waals surface area contributed by atoms with Crippen LogP contribution in [0.4, 0.5) is 5.69 Å². The van der Waals surface area contributed by atoms with Crippen molar-refractivity contribution in [1.82, 2.24) is 0 Å². The second-order valence-corrected chi connectivity index (χ2v) is 9.13. The summed E-state index contributed by atoms with van der Waals surface area (Å²) in [5.41, 5.74) is 6.82. The van der Waals surface area contributed by atoms with Gasteiger partial charge < -0.3 is 15.0 Å². The smallest absolute Gasteiger partial charge is 0.399 e. The molecule has 0 amide bonds. The Kier molecular flexibility index (Phi) is 6.73. The van der Waals surface area contributed by atoms with E-state index in [9.17, 15) is 0 Å². The number of benzene rings is 3. The standard InChI is InChI=1S/C12H18BNO2.C12H10S/c1-11(2)12(3,4)16-13(15-11)9-5-7-10(14)8-6-9;1-3-7-11(8-4-1)13-12-9-5-2-6-10-12/h5-8H,14H2,1-4H3;1-10H. The molecule has 150 valence electrons. The maximum atomic E-state index is 5.93. The summed E-state index contributed by atoms with van der Waals surface area (Å²) in [6.07, 6.45) is 0. The van der Waals surface area contributed by atoms with Crippen molar-refractivity contribution in [2.45, 2.75) is 48.7 Å². The number of hydrogen-bond donors (Lipinski definition) is 1. The maximum Gasteiger partial charge on any atom is 0.494 e. The molecule has 5 heteroatoms. The fourth-order valence-corrected chi connectivity index (χ4v) is 3.60. The van der Waals surface area contributed by atoms with Crippen LogP contribution in [0.2, 0.25) is 0 Å². The average molecular weight is 405 g/mol. The lowest BCUT2D eigenvalue weighted by molar-refractivity contribution is 0.00578. The van der Waals surface area contributed by atoms with Gasteiger partial charge >= 0.3 is 7.12 Å². The molecule has 3 aromatic carbocycles. The molecule has 1 heterocycles. The Balaban J connectivity index is 0.000000169. The van der Waals surface area contributed by atoms with E-state index < -0.39 is 0 Å². The molecule has 3 aromatic rings. The summed E-state index contributed by atoms with van der Waals surface area (Å²) in [4.78, 5) is 2.57. The van der Waals surface area contributed by atoms with Crippen LogP contribution < -0.4 is 11.2 Å². The lowest BCUT2D eigenvalue weighted by Gasteiger charge is -2.32. The molecule has 0 unspecified atom stereocenters. The first kappa shape index (κ1) is 21.5. The first-order chi connectivity index (χ1) is 13.8. The van der Waals surface area contributed by atoms with Crippen LogP contribution in [0, 0.1) is 0 Å². The third-order valence-electron chi connectivity index (χ3n) is 5.18. The molecule has 4 rings (SSSR count). The lowest BCUT2D eigenvalue weighted by Crippen LogP contribution is -2.41. The fourth-order valence-electron chi connectivity index (χ4n) is 2.75. The Morgan fingerprint density at radius 1 is 0.655 bits per heavy atom. The zero-order valence-electron chi connectivity index (χ0n) is 17.5. The van der Waals surface area contributed by atoms with Crippen molar-refractivity contribution >= 4 is 30.0 Å². The van der Waals surface area contributed by atoms with Gasteiger partial charge in [-0.15, -0.1) is 0 Å². The van der Waals surface area contributed by atoms with Crippen molar-refractivity contribution in [3.63, 3.8) is 0 Å². The van der Waals surface area contributed by atoms with Gasteiger partial charge in [-0.2, -0.15) is 0 Å². The first-order valence-electron chi connectivity index (χ1n) is 9.76. The van der Waals surface area contributed by atoms with Crippen molar-refractivity contribution < 1.29 is 9.31 Å². The summed E-state index contributed by atoms with van der Waals surface area (Å²) in [7, 11) is -0.300. The molecule has 0 bridgehead atoms. The van der Waals surface area contributed by atoms with E-state index in [1.165, 1.54) is 9.79 Å². The monoisotopic (exact) mass is 405 g/mol. The summed E-state index contributed by atoms with van der Waals surface area (Å²) in [5.74, 6) is 0. The molecule has 0 spiro atoms. The Hall–Kier alpha value is -2.21. The van der Waals surface area contributed by atoms with Crippen molar-refractivity contribution in [1.29, 1.82) is 0 Å². The highest BCUT2D eigenvalue weighted by Crippen LogP contribution is 2.36. The van der Waals surface area contributed by atoms with Crippen LogP contribution >= 0.6 is 11.8 Å². The molecule has 0 aromatic heterocycles. The van der Waals surface area contributed by atoms with Gasteiger partial charge in [0.05, 0.1) is 11.2 Å². The summed E-state index contributed by atoms with van der Waals surface area (Å²) in [5, 5.41) is 0. The van der Waals surface area contributed by atoms with Crippen molar-refractivity contribution in [2.24, 2.45) is 0 Å². The van der Waals surface area contributed by atoms with Crippen molar-refractivity contribution in [2.75, 3.05) is 5.73 Å². The first-order valence-corrected chi connectivity index (χ1v) is 10.6. The molecule has 1 aliphatic rings. The molecule has 2 N–H and O–H groups in total. The fraction of sp³-hybridized carbons (Fsp3) is 0.250. The molecular formula is C24H28BNO2S. The Labute approximate surface area is 178 Å². The van der Waals surface area contributed by atoms with Gasteiger partial charge in [-0.3, -0.25) is 0 Å². The molecular weight excluding hydrogens is 377 g/mol. The van der Waals surface area contributed by atoms with Gasteiger partial charge in [0.25, 0.3) is 0 Å². The summed E-state index contributed by atoms with van der Waals surface area (Å²) in [6.45, 7) is 8.18. The van der Waals surface area contributed by atoms with Crippen molar-refractivity contribution in [3.05, 3.63) is 84.9 Å². The minimum Gasteiger partial charge on any atom is -0.399 e. The van der Waals surface area contributed by atoms with E-state index in [0.717, 1.165) is 11.2 Å². The molecule has 0 aliphatic carbocycles. The molecule has 29 heavy (non-hydrogen) atoms. The SMILES string of the molecule is CC1(C)OB(c2ccc(N)cc2)OC1(C)C.c1ccc(Sc2ccccc2)cc1. The molecule has 1 fully saturated rings. The molecule has 3 nitrogen and oxygen atoms in total. The largest absolute Gasteiger partial charge is 0.494 e. The van der Waals surface area contributed by atoms with E-state index in [1.54, 1.807) is 11.8 Å². The topological polar surface area (TPSA) is 44.5 Å². The van der Waals surface area contributed by atoms with Crippen LogP contribution in [0.25, 0.3) is 0 Å².